The first-order chi connectivity index (χ1) is 12.3. The van der Waals surface area contributed by atoms with E-state index < -0.39 is 0 Å². The molecule has 1 aliphatic heterocycles. The van der Waals surface area contributed by atoms with Crippen LogP contribution < -0.4 is 0 Å². The Kier molecular flexibility index (Phi) is 3.86. The average Bonchev–Trinajstić information content (AvgIpc) is 3.08. The van der Waals surface area contributed by atoms with Gasteiger partial charge in [-0.1, -0.05) is 5.16 Å². The first-order valence-corrected chi connectivity index (χ1v) is 9.47. The van der Waals surface area contributed by atoms with E-state index in [1.165, 1.54) is 31.2 Å². The van der Waals surface area contributed by atoms with Crippen molar-refractivity contribution in [3.05, 3.63) is 28.7 Å². The molecule has 7 nitrogen and oxygen atoms in total. The van der Waals surface area contributed by atoms with Crippen molar-refractivity contribution in [1.29, 1.82) is 0 Å². The number of ether oxygens (including phenoxy) is 1. The van der Waals surface area contributed by atoms with Crippen LogP contribution in [-0.4, -0.2) is 45.0 Å². The van der Waals surface area contributed by atoms with Crippen molar-refractivity contribution < 1.29 is 9.26 Å². The third kappa shape index (κ3) is 2.89. The number of methoxy groups -OCH3 is 1. The molecule has 1 saturated heterocycles. The summed E-state index contributed by atoms with van der Waals surface area (Å²) in [6.45, 7) is 1.69. The van der Waals surface area contributed by atoms with Crippen LogP contribution in [0.25, 0.3) is 0 Å². The van der Waals surface area contributed by atoms with Gasteiger partial charge in [0.05, 0.1) is 12.1 Å². The van der Waals surface area contributed by atoms with Gasteiger partial charge < -0.3 is 9.26 Å². The van der Waals surface area contributed by atoms with Crippen molar-refractivity contribution in [2.24, 2.45) is 0 Å². The highest BCUT2D eigenvalue weighted by molar-refractivity contribution is 5.25. The van der Waals surface area contributed by atoms with Crippen LogP contribution in [0.4, 0.5) is 0 Å². The van der Waals surface area contributed by atoms with Crippen LogP contribution in [0.3, 0.4) is 0 Å². The summed E-state index contributed by atoms with van der Waals surface area (Å²) < 4.78 is 11.2. The van der Waals surface area contributed by atoms with E-state index in [-0.39, 0.29) is 12.1 Å². The minimum atomic E-state index is 0.209. The predicted octanol–water partition coefficient (Wildman–Crippen LogP) is 2.51. The van der Waals surface area contributed by atoms with E-state index in [2.05, 4.69) is 20.3 Å². The van der Waals surface area contributed by atoms with E-state index in [4.69, 9.17) is 14.2 Å². The Balaban J connectivity index is 1.38. The molecule has 0 radical (unpaired) electrons. The molecule has 134 valence electrons. The normalized spacial score (nSPS) is 26.9. The molecule has 0 unspecified atom stereocenters. The molecule has 0 amide bonds. The number of likely N-dealkylation sites (tertiary alicyclic amines) is 1. The van der Waals surface area contributed by atoms with Crippen LogP contribution in [0.2, 0.25) is 0 Å². The lowest BCUT2D eigenvalue weighted by Crippen LogP contribution is -2.26. The second-order valence-electron chi connectivity index (χ2n) is 7.63. The zero-order valence-electron chi connectivity index (χ0n) is 14.7. The molecular weight excluding hydrogens is 318 g/mol. The molecule has 0 aromatic carbocycles. The van der Waals surface area contributed by atoms with E-state index in [0.717, 1.165) is 55.5 Å². The standard InChI is InChI=1S/C18H25N5O2/c1-24-12-8-15(18-19-17(20-21-18)11-6-7-11)23(9-12)10-14-13-4-2-3-5-16(13)25-22-14/h11-12,15H,2-10H2,1H3,(H,19,20,21)/t12-,15+/m1/s1. The molecule has 25 heavy (non-hydrogen) atoms. The van der Waals surface area contributed by atoms with Crippen LogP contribution in [0, 0.1) is 0 Å². The number of H-pyrrole nitrogens is 1. The van der Waals surface area contributed by atoms with Gasteiger partial charge in [-0.05, 0) is 38.5 Å². The maximum absolute atomic E-state index is 5.64. The van der Waals surface area contributed by atoms with Crippen LogP contribution in [0.15, 0.2) is 4.52 Å². The highest BCUT2D eigenvalue weighted by atomic mass is 16.5. The quantitative estimate of drug-likeness (QED) is 0.898. The third-order valence-electron chi connectivity index (χ3n) is 5.86. The summed E-state index contributed by atoms with van der Waals surface area (Å²) in [6, 6.07) is 0.209. The summed E-state index contributed by atoms with van der Waals surface area (Å²) in [5.41, 5.74) is 2.43. The Bertz CT molecular complexity index is 750. The van der Waals surface area contributed by atoms with E-state index in [1.54, 1.807) is 7.11 Å². The van der Waals surface area contributed by atoms with E-state index in [9.17, 15) is 0 Å². The van der Waals surface area contributed by atoms with Gasteiger partial charge in [-0.25, -0.2) is 4.98 Å². The molecule has 2 atom stereocenters. The Hall–Kier alpha value is -1.73. The fraction of sp³-hybridized carbons (Fsp3) is 0.722. The number of hydrogen-bond donors (Lipinski definition) is 1. The first kappa shape index (κ1) is 15.5. The molecule has 0 spiro atoms. The zero-order chi connectivity index (χ0) is 16.8. The van der Waals surface area contributed by atoms with Gasteiger partial charge in [0.15, 0.2) is 5.82 Å². The van der Waals surface area contributed by atoms with Crippen LogP contribution >= 0.6 is 0 Å². The lowest BCUT2D eigenvalue weighted by molar-refractivity contribution is 0.107. The molecular formula is C18H25N5O2. The van der Waals surface area contributed by atoms with Gasteiger partial charge in [0.25, 0.3) is 0 Å². The molecule has 1 N–H and O–H groups in total. The predicted molar refractivity (Wildman–Crippen MR) is 90.1 cm³/mol. The Labute approximate surface area is 147 Å². The number of aryl methyl sites for hydroxylation is 1. The van der Waals surface area contributed by atoms with Gasteiger partial charge in [0.1, 0.15) is 17.3 Å². The van der Waals surface area contributed by atoms with Gasteiger partial charge >= 0.3 is 0 Å². The number of rotatable bonds is 5. The van der Waals surface area contributed by atoms with Crippen molar-refractivity contribution in [3.8, 4) is 0 Å². The number of aromatic nitrogens is 4. The maximum Gasteiger partial charge on any atom is 0.153 e. The summed E-state index contributed by atoms with van der Waals surface area (Å²) >= 11 is 0. The van der Waals surface area contributed by atoms with Crippen LogP contribution in [0.1, 0.15) is 72.7 Å². The third-order valence-corrected chi connectivity index (χ3v) is 5.86. The summed E-state index contributed by atoms with van der Waals surface area (Å²) in [4.78, 5) is 7.20. The fourth-order valence-electron chi connectivity index (χ4n) is 4.22. The van der Waals surface area contributed by atoms with E-state index >= 15 is 0 Å². The van der Waals surface area contributed by atoms with Gasteiger partial charge in [0, 0.05) is 38.1 Å². The lowest BCUT2D eigenvalue weighted by atomic mass is 9.96. The van der Waals surface area contributed by atoms with Crippen molar-refractivity contribution in [3.63, 3.8) is 0 Å². The average molecular weight is 343 g/mol. The van der Waals surface area contributed by atoms with Crippen LogP contribution in [0.5, 0.6) is 0 Å². The molecule has 5 rings (SSSR count). The van der Waals surface area contributed by atoms with Crippen molar-refractivity contribution in [2.75, 3.05) is 13.7 Å². The number of nitrogens with zero attached hydrogens (tertiary/aromatic N) is 4. The molecule has 2 aliphatic carbocycles. The number of hydrogen-bond acceptors (Lipinski definition) is 6. The number of aromatic amines is 1. The molecule has 3 heterocycles. The second kappa shape index (κ2) is 6.21. The summed E-state index contributed by atoms with van der Waals surface area (Å²) in [7, 11) is 1.79. The molecule has 2 aromatic rings. The SMILES string of the molecule is CO[C@@H]1C[C@@H](c2nc(C3CC3)n[nH]2)N(Cc2noc3c2CCCC3)C1. The fourth-order valence-corrected chi connectivity index (χ4v) is 4.22. The maximum atomic E-state index is 5.64. The minimum Gasteiger partial charge on any atom is -0.380 e. The summed E-state index contributed by atoms with van der Waals surface area (Å²) in [6.07, 6.45) is 8.17. The molecule has 2 fully saturated rings. The zero-order valence-corrected chi connectivity index (χ0v) is 14.7. The van der Waals surface area contributed by atoms with Gasteiger partial charge in [-0.15, -0.1) is 0 Å². The molecule has 0 bridgehead atoms. The van der Waals surface area contributed by atoms with Crippen molar-refractivity contribution >= 4 is 0 Å². The number of fused-ring (bicyclic) bond motifs is 1. The Morgan fingerprint density at radius 3 is 3.00 bits per heavy atom. The van der Waals surface area contributed by atoms with Crippen LogP contribution in [-0.2, 0) is 24.1 Å². The lowest BCUT2D eigenvalue weighted by Gasteiger charge is -2.21. The molecule has 3 aliphatic rings. The van der Waals surface area contributed by atoms with Gasteiger partial charge in [-0.2, -0.15) is 5.10 Å². The molecule has 1 saturated carbocycles. The molecule has 7 heteroatoms. The first-order valence-electron chi connectivity index (χ1n) is 9.47. The Morgan fingerprint density at radius 1 is 1.28 bits per heavy atom. The topological polar surface area (TPSA) is 80.1 Å². The summed E-state index contributed by atoms with van der Waals surface area (Å²) in [5.74, 6) is 3.62. The highest BCUT2D eigenvalue weighted by Crippen LogP contribution is 2.39. The smallest absolute Gasteiger partial charge is 0.153 e. The number of nitrogens with one attached hydrogen (secondary N) is 1. The van der Waals surface area contributed by atoms with Gasteiger partial charge in [-0.3, -0.25) is 10.00 Å². The van der Waals surface area contributed by atoms with Gasteiger partial charge in [0.2, 0.25) is 0 Å². The minimum absolute atomic E-state index is 0.209. The monoisotopic (exact) mass is 343 g/mol. The Morgan fingerprint density at radius 2 is 2.16 bits per heavy atom. The summed E-state index contributed by atoms with van der Waals surface area (Å²) in [5, 5.41) is 12.0. The molecule has 2 aromatic heterocycles. The second-order valence-corrected chi connectivity index (χ2v) is 7.63. The van der Waals surface area contributed by atoms with E-state index in [0.29, 0.717) is 5.92 Å². The van der Waals surface area contributed by atoms with Crippen molar-refractivity contribution in [2.45, 2.75) is 69.6 Å². The van der Waals surface area contributed by atoms with Crippen molar-refractivity contribution in [1.82, 2.24) is 25.2 Å². The highest BCUT2D eigenvalue weighted by Gasteiger charge is 2.37. The largest absolute Gasteiger partial charge is 0.380 e. The van der Waals surface area contributed by atoms with E-state index in [1.807, 2.05) is 0 Å².